The molecule has 0 saturated carbocycles. The van der Waals surface area contributed by atoms with Gasteiger partial charge in [0.05, 0.1) is 15.8 Å². The summed E-state index contributed by atoms with van der Waals surface area (Å²) >= 11 is 9.90. The molecule has 1 rings (SSSR count). The molecule has 1 aromatic rings. The Morgan fingerprint density at radius 3 is 1.17 bits per heavy atom. The Kier molecular flexibility index (Phi) is 6.67. The number of nitrogens with zero attached hydrogens (tertiary/aromatic N) is 2. The molecule has 0 spiro atoms. The summed E-state index contributed by atoms with van der Waals surface area (Å²) in [4.78, 5) is 49.2. The molecule has 0 aliphatic rings. The molecule has 23 heavy (non-hydrogen) atoms. The number of carbonyl (C=O) groups is 4. The van der Waals surface area contributed by atoms with Crippen molar-refractivity contribution in [3.63, 3.8) is 0 Å². The molecule has 0 saturated heterocycles. The van der Waals surface area contributed by atoms with Gasteiger partial charge in [-0.15, -0.1) is 0 Å². The third-order valence-corrected chi connectivity index (χ3v) is 4.79. The normalized spacial score (nSPS) is 10.2. The molecular weight excluding hydrogens is 500 g/mol. The minimum absolute atomic E-state index is 0.218. The number of halogens is 3. The Morgan fingerprint density at radius 2 is 0.957 bits per heavy atom. The Labute approximate surface area is 158 Å². The van der Waals surface area contributed by atoms with E-state index in [2.05, 4.69) is 47.8 Å². The van der Waals surface area contributed by atoms with E-state index in [-0.39, 0.29) is 15.8 Å². The van der Waals surface area contributed by atoms with Gasteiger partial charge in [-0.1, -0.05) is 0 Å². The first-order chi connectivity index (χ1) is 10.5. The zero-order chi connectivity index (χ0) is 18.1. The van der Waals surface area contributed by atoms with Gasteiger partial charge in [0.2, 0.25) is 23.6 Å². The maximum absolute atomic E-state index is 11.8. The van der Waals surface area contributed by atoms with Crippen LogP contribution in [0.1, 0.15) is 27.7 Å². The summed E-state index contributed by atoms with van der Waals surface area (Å²) in [6.07, 6.45) is 0. The first kappa shape index (κ1) is 20.0. The van der Waals surface area contributed by atoms with Crippen molar-refractivity contribution < 1.29 is 19.2 Å². The molecule has 124 valence electrons. The van der Waals surface area contributed by atoms with Crippen LogP contribution in [0.15, 0.2) is 19.5 Å². The topological polar surface area (TPSA) is 74.8 Å². The van der Waals surface area contributed by atoms with Gasteiger partial charge in [-0.3, -0.25) is 19.2 Å². The second-order valence-electron chi connectivity index (χ2n) is 4.60. The number of carbonyl (C=O) groups excluding carboxylic acids is 4. The van der Waals surface area contributed by atoms with Crippen LogP contribution in [0.3, 0.4) is 0 Å². The smallest absolute Gasteiger partial charge is 0.230 e. The van der Waals surface area contributed by atoms with Crippen LogP contribution in [0.25, 0.3) is 0 Å². The van der Waals surface area contributed by atoms with E-state index in [4.69, 9.17) is 0 Å². The molecule has 0 aliphatic heterocycles. The van der Waals surface area contributed by atoms with Gasteiger partial charge in [-0.05, 0) is 53.9 Å². The third-order valence-electron chi connectivity index (χ3n) is 2.83. The number of amides is 4. The number of hydrogen-bond donors (Lipinski definition) is 0. The van der Waals surface area contributed by atoms with Gasteiger partial charge in [0.15, 0.2) is 0 Å². The van der Waals surface area contributed by atoms with Gasteiger partial charge in [0.1, 0.15) is 0 Å². The Bertz CT molecular complexity index is 634. The van der Waals surface area contributed by atoms with E-state index in [0.29, 0.717) is 8.95 Å². The first-order valence-corrected chi connectivity index (χ1v) is 8.68. The van der Waals surface area contributed by atoms with E-state index < -0.39 is 23.6 Å². The molecule has 0 heterocycles. The molecule has 0 radical (unpaired) electrons. The largest absolute Gasteiger partial charge is 0.274 e. The lowest BCUT2D eigenvalue weighted by atomic mass is 10.2. The lowest BCUT2D eigenvalue weighted by Gasteiger charge is -2.26. The molecule has 1 aromatic carbocycles. The Balaban J connectivity index is 3.80. The molecule has 0 aliphatic carbocycles. The molecule has 0 fully saturated rings. The third kappa shape index (κ3) is 4.07. The van der Waals surface area contributed by atoms with Gasteiger partial charge in [-0.25, -0.2) is 9.80 Å². The van der Waals surface area contributed by atoms with Crippen molar-refractivity contribution in [2.75, 3.05) is 9.80 Å². The van der Waals surface area contributed by atoms with E-state index in [1.165, 1.54) is 27.7 Å². The maximum atomic E-state index is 11.8. The average molecular weight is 513 g/mol. The molecule has 9 heteroatoms. The minimum Gasteiger partial charge on any atom is -0.274 e. The minimum atomic E-state index is -0.496. The van der Waals surface area contributed by atoms with Gasteiger partial charge < -0.3 is 0 Å². The van der Waals surface area contributed by atoms with Crippen molar-refractivity contribution >= 4 is 82.8 Å². The van der Waals surface area contributed by atoms with Crippen LogP contribution in [0.2, 0.25) is 0 Å². The molecule has 4 amide bonds. The lowest BCUT2D eigenvalue weighted by Crippen LogP contribution is -2.36. The fourth-order valence-electron chi connectivity index (χ4n) is 2.05. The lowest BCUT2D eigenvalue weighted by molar-refractivity contribution is -0.125. The van der Waals surface area contributed by atoms with Crippen molar-refractivity contribution in [1.29, 1.82) is 0 Å². The summed E-state index contributed by atoms with van der Waals surface area (Å²) in [6, 6.07) is 1.56. The van der Waals surface area contributed by atoms with Crippen LogP contribution in [0.5, 0.6) is 0 Å². The highest BCUT2D eigenvalue weighted by Crippen LogP contribution is 2.46. The van der Waals surface area contributed by atoms with Crippen molar-refractivity contribution in [3.8, 4) is 0 Å². The second-order valence-corrected chi connectivity index (χ2v) is 7.10. The molecule has 6 nitrogen and oxygen atoms in total. The van der Waals surface area contributed by atoms with Crippen LogP contribution in [0.4, 0.5) is 11.4 Å². The highest BCUT2D eigenvalue weighted by molar-refractivity contribution is 9.11. The van der Waals surface area contributed by atoms with Crippen molar-refractivity contribution in [2.45, 2.75) is 27.7 Å². The SMILES string of the molecule is CC(=O)N(C(C)=O)c1c(Br)cc(Br)c(N(C(C)=O)C(C)=O)c1Br. The summed E-state index contributed by atoms with van der Waals surface area (Å²) < 4.78 is 1.14. The van der Waals surface area contributed by atoms with Gasteiger partial charge >= 0.3 is 0 Å². The zero-order valence-electron chi connectivity index (χ0n) is 12.7. The summed E-state index contributed by atoms with van der Waals surface area (Å²) in [7, 11) is 0. The second kappa shape index (κ2) is 7.67. The molecule has 0 N–H and O–H groups in total. The zero-order valence-corrected chi connectivity index (χ0v) is 17.5. The van der Waals surface area contributed by atoms with E-state index >= 15 is 0 Å². The fourth-order valence-corrected chi connectivity index (χ4v) is 4.88. The quantitative estimate of drug-likeness (QED) is 0.604. The van der Waals surface area contributed by atoms with Crippen LogP contribution >= 0.6 is 47.8 Å². The number of anilines is 2. The molecular formula is C14H13Br3N2O4. The van der Waals surface area contributed by atoms with E-state index in [1.54, 1.807) is 6.07 Å². The predicted molar refractivity (Wildman–Crippen MR) is 97.2 cm³/mol. The summed E-state index contributed by atoms with van der Waals surface area (Å²) in [5.74, 6) is -1.98. The van der Waals surface area contributed by atoms with Crippen molar-refractivity contribution in [3.05, 3.63) is 19.5 Å². The molecule has 0 unspecified atom stereocenters. The van der Waals surface area contributed by atoms with E-state index in [0.717, 1.165) is 9.80 Å². The van der Waals surface area contributed by atoms with Gasteiger partial charge in [0.25, 0.3) is 0 Å². The van der Waals surface area contributed by atoms with Crippen molar-refractivity contribution in [1.82, 2.24) is 0 Å². The highest BCUT2D eigenvalue weighted by Gasteiger charge is 2.29. The van der Waals surface area contributed by atoms with E-state index in [1.807, 2.05) is 0 Å². The molecule has 0 aromatic heterocycles. The van der Waals surface area contributed by atoms with Crippen LogP contribution in [-0.4, -0.2) is 23.6 Å². The van der Waals surface area contributed by atoms with Gasteiger partial charge in [0, 0.05) is 36.6 Å². The number of rotatable bonds is 2. The fraction of sp³-hybridized carbons (Fsp3) is 0.286. The van der Waals surface area contributed by atoms with Crippen molar-refractivity contribution in [2.24, 2.45) is 0 Å². The predicted octanol–water partition coefficient (Wildman–Crippen LogP) is 3.77. The van der Waals surface area contributed by atoms with Crippen LogP contribution < -0.4 is 9.80 Å². The van der Waals surface area contributed by atoms with E-state index in [9.17, 15) is 19.2 Å². The van der Waals surface area contributed by atoms with Crippen LogP contribution in [0, 0.1) is 0 Å². The molecule has 0 bridgehead atoms. The monoisotopic (exact) mass is 510 g/mol. The van der Waals surface area contributed by atoms with Crippen LogP contribution in [-0.2, 0) is 19.2 Å². The highest BCUT2D eigenvalue weighted by atomic mass is 79.9. The average Bonchev–Trinajstić information content (AvgIpc) is 2.36. The Morgan fingerprint density at radius 1 is 0.696 bits per heavy atom. The summed E-state index contributed by atoms with van der Waals surface area (Å²) in [5.41, 5.74) is 0.436. The number of hydrogen-bond acceptors (Lipinski definition) is 4. The first-order valence-electron chi connectivity index (χ1n) is 6.30. The number of benzene rings is 1. The Hall–Kier alpha value is -1.06. The molecule has 0 atom stereocenters. The maximum Gasteiger partial charge on any atom is 0.230 e. The van der Waals surface area contributed by atoms with Gasteiger partial charge in [-0.2, -0.15) is 0 Å². The summed E-state index contributed by atoms with van der Waals surface area (Å²) in [5, 5.41) is 0. The standard InChI is InChI=1S/C14H13Br3N2O4/c1-6(20)18(7(2)21)13-10(15)5-11(16)14(12(13)17)19(8(3)22)9(4)23/h5H,1-4H3. The number of imide groups is 2. The summed E-state index contributed by atoms with van der Waals surface area (Å²) in [6.45, 7) is 4.98.